The molecule has 0 atom stereocenters. The van der Waals surface area contributed by atoms with Crippen LogP contribution in [0.25, 0.3) is 0 Å². The van der Waals surface area contributed by atoms with Crippen LogP contribution in [0, 0.1) is 6.92 Å². The Morgan fingerprint density at radius 3 is 2.52 bits per heavy atom. The quantitative estimate of drug-likeness (QED) is 0.847. The van der Waals surface area contributed by atoms with Gasteiger partial charge >= 0.3 is 0 Å². The number of nitrogens with one attached hydrogen (secondary N) is 2. The van der Waals surface area contributed by atoms with Crippen LogP contribution in [0.5, 0.6) is 5.75 Å². The van der Waals surface area contributed by atoms with Gasteiger partial charge in [0, 0.05) is 23.7 Å². The summed E-state index contributed by atoms with van der Waals surface area (Å²) in [5.41, 5.74) is 2.15. The molecule has 1 aromatic carbocycles. The first-order valence-electron chi connectivity index (χ1n) is 7.44. The minimum Gasteiger partial charge on any atom is -0.483 e. The fourth-order valence-corrected chi connectivity index (χ4v) is 1.92. The molecule has 0 saturated carbocycles. The Morgan fingerprint density at radius 2 is 1.95 bits per heavy atom. The van der Waals surface area contributed by atoms with Gasteiger partial charge in [0.2, 0.25) is 0 Å². The second-order valence-corrected chi connectivity index (χ2v) is 6.68. The van der Waals surface area contributed by atoms with Crippen molar-refractivity contribution in [1.29, 1.82) is 0 Å². The minimum atomic E-state index is -0.0945. The van der Waals surface area contributed by atoms with Crippen molar-refractivity contribution in [2.75, 3.05) is 6.61 Å². The van der Waals surface area contributed by atoms with Crippen molar-refractivity contribution < 1.29 is 9.53 Å². The average molecular weight is 292 g/mol. The predicted molar refractivity (Wildman–Crippen MR) is 86.5 cm³/mol. The van der Waals surface area contributed by atoms with Crippen LogP contribution in [-0.2, 0) is 11.3 Å². The van der Waals surface area contributed by atoms with Crippen LogP contribution in [0.2, 0.25) is 0 Å². The van der Waals surface area contributed by atoms with Crippen LogP contribution < -0.4 is 15.4 Å². The molecule has 1 rings (SSSR count). The summed E-state index contributed by atoms with van der Waals surface area (Å²) in [5.74, 6) is 0.705. The normalized spacial score (nSPS) is 11.6. The fourth-order valence-electron chi connectivity index (χ4n) is 1.92. The van der Waals surface area contributed by atoms with E-state index in [-0.39, 0.29) is 24.1 Å². The molecule has 0 heterocycles. The van der Waals surface area contributed by atoms with Crippen LogP contribution in [0.15, 0.2) is 18.2 Å². The summed E-state index contributed by atoms with van der Waals surface area (Å²) in [4.78, 5) is 11.7. The Hall–Kier alpha value is -1.55. The number of benzene rings is 1. The second kappa shape index (κ2) is 7.46. The lowest BCUT2D eigenvalue weighted by Crippen LogP contribution is -2.36. The third-order valence-electron chi connectivity index (χ3n) is 2.90. The summed E-state index contributed by atoms with van der Waals surface area (Å²) in [5, 5.41) is 6.27. The molecule has 1 aromatic rings. The van der Waals surface area contributed by atoms with E-state index >= 15 is 0 Å². The van der Waals surface area contributed by atoms with Gasteiger partial charge < -0.3 is 15.4 Å². The van der Waals surface area contributed by atoms with Gasteiger partial charge in [0.15, 0.2) is 6.61 Å². The van der Waals surface area contributed by atoms with Crippen molar-refractivity contribution in [2.24, 2.45) is 0 Å². The van der Waals surface area contributed by atoms with Crippen molar-refractivity contribution in [2.45, 2.75) is 59.7 Å². The predicted octanol–water partition coefficient (Wildman–Crippen LogP) is 2.79. The summed E-state index contributed by atoms with van der Waals surface area (Å²) in [7, 11) is 0. The molecule has 0 aliphatic rings. The maximum Gasteiger partial charge on any atom is 0.258 e. The van der Waals surface area contributed by atoms with Gasteiger partial charge in [-0.15, -0.1) is 0 Å². The summed E-state index contributed by atoms with van der Waals surface area (Å²) >= 11 is 0. The van der Waals surface area contributed by atoms with Gasteiger partial charge in [0.1, 0.15) is 5.75 Å². The zero-order chi connectivity index (χ0) is 16.0. The number of hydrogen-bond acceptors (Lipinski definition) is 3. The maximum absolute atomic E-state index is 11.7. The molecule has 0 aromatic heterocycles. The molecule has 0 saturated heterocycles. The van der Waals surface area contributed by atoms with Crippen LogP contribution in [0.3, 0.4) is 0 Å². The third kappa shape index (κ3) is 6.63. The Kier molecular flexibility index (Phi) is 6.21. The highest BCUT2D eigenvalue weighted by Crippen LogP contribution is 2.23. The Labute approximate surface area is 128 Å². The van der Waals surface area contributed by atoms with Gasteiger partial charge in [-0.1, -0.05) is 18.2 Å². The average Bonchev–Trinajstić information content (AvgIpc) is 2.33. The fraction of sp³-hybridized carbons (Fsp3) is 0.588. The maximum atomic E-state index is 11.7. The molecule has 0 aliphatic carbocycles. The zero-order valence-corrected chi connectivity index (χ0v) is 14.0. The first kappa shape index (κ1) is 17.5. The van der Waals surface area contributed by atoms with Crippen molar-refractivity contribution in [1.82, 2.24) is 10.6 Å². The Morgan fingerprint density at radius 1 is 1.29 bits per heavy atom. The van der Waals surface area contributed by atoms with Gasteiger partial charge in [-0.05, 0) is 47.1 Å². The summed E-state index contributed by atoms with van der Waals surface area (Å²) in [6.07, 6.45) is 0. The van der Waals surface area contributed by atoms with Gasteiger partial charge in [-0.2, -0.15) is 0 Å². The highest BCUT2D eigenvalue weighted by atomic mass is 16.5. The molecule has 2 N–H and O–H groups in total. The number of ether oxygens (including phenoxy) is 1. The highest BCUT2D eigenvalue weighted by Gasteiger charge is 2.13. The van der Waals surface area contributed by atoms with E-state index < -0.39 is 0 Å². The number of rotatable bonds is 6. The van der Waals surface area contributed by atoms with Crippen LogP contribution >= 0.6 is 0 Å². The largest absolute Gasteiger partial charge is 0.483 e. The van der Waals surface area contributed by atoms with Gasteiger partial charge in [-0.3, -0.25) is 4.79 Å². The van der Waals surface area contributed by atoms with Crippen molar-refractivity contribution in [3.05, 3.63) is 29.3 Å². The minimum absolute atomic E-state index is 0.0377. The number of amides is 1. The molecule has 118 valence electrons. The lowest BCUT2D eigenvalue weighted by molar-refractivity contribution is -0.123. The molecule has 1 amide bonds. The first-order valence-corrected chi connectivity index (χ1v) is 7.44. The van der Waals surface area contributed by atoms with E-state index in [4.69, 9.17) is 4.74 Å². The molecular formula is C17H28N2O2. The van der Waals surface area contributed by atoms with Gasteiger partial charge in [0.05, 0.1) is 0 Å². The summed E-state index contributed by atoms with van der Waals surface area (Å²) in [6, 6.07) is 6.16. The van der Waals surface area contributed by atoms with Crippen LogP contribution in [-0.4, -0.2) is 24.1 Å². The standard InChI is InChI=1S/C17H28N2O2/c1-12(2)19-15(20)11-21-16-13(3)8-7-9-14(16)10-18-17(4,5)6/h7-9,12,18H,10-11H2,1-6H3,(H,19,20). The molecule has 0 spiro atoms. The molecule has 4 nitrogen and oxygen atoms in total. The van der Waals surface area contributed by atoms with E-state index in [1.165, 1.54) is 0 Å². The van der Waals surface area contributed by atoms with Crippen LogP contribution in [0.4, 0.5) is 0 Å². The molecule has 0 radical (unpaired) electrons. The second-order valence-electron chi connectivity index (χ2n) is 6.68. The Balaban J connectivity index is 2.74. The number of aryl methyl sites for hydroxylation is 1. The summed E-state index contributed by atoms with van der Waals surface area (Å²) in [6.45, 7) is 13.0. The molecule has 0 bridgehead atoms. The number of carbonyl (C=O) groups excluding carboxylic acids is 1. The molecule has 21 heavy (non-hydrogen) atoms. The Bertz CT molecular complexity index is 476. The lowest BCUT2D eigenvalue weighted by Gasteiger charge is -2.22. The zero-order valence-electron chi connectivity index (χ0n) is 14.0. The van der Waals surface area contributed by atoms with E-state index in [9.17, 15) is 4.79 Å². The van der Waals surface area contributed by atoms with Crippen molar-refractivity contribution in [3.63, 3.8) is 0 Å². The first-order chi connectivity index (χ1) is 9.69. The highest BCUT2D eigenvalue weighted by molar-refractivity contribution is 5.77. The molecule has 0 unspecified atom stereocenters. The van der Waals surface area contributed by atoms with Crippen LogP contribution in [0.1, 0.15) is 45.7 Å². The SMILES string of the molecule is Cc1cccc(CNC(C)(C)C)c1OCC(=O)NC(C)C. The van der Waals surface area contributed by atoms with Gasteiger partial charge in [-0.25, -0.2) is 0 Å². The van der Waals surface area contributed by atoms with Gasteiger partial charge in [0.25, 0.3) is 5.91 Å². The van der Waals surface area contributed by atoms with E-state index in [0.717, 1.165) is 16.9 Å². The summed E-state index contributed by atoms with van der Waals surface area (Å²) < 4.78 is 5.74. The monoisotopic (exact) mass is 292 g/mol. The molecule has 0 fully saturated rings. The number of para-hydroxylation sites is 1. The molecule has 4 heteroatoms. The van der Waals surface area contributed by atoms with E-state index in [2.05, 4.69) is 31.4 Å². The number of carbonyl (C=O) groups is 1. The van der Waals surface area contributed by atoms with Crippen molar-refractivity contribution >= 4 is 5.91 Å². The lowest BCUT2D eigenvalue weighted by atomic mass is 10.1. The number of hydrogen-bond donors (Lipinski definition) is 2. The van der Waals surface area contributed by atoms with Crippen molar-refractivity contribution in [3.8, 4) is 5.75 Å². The van der Waals surface area contributed by atoms with E-state index in [1.807, 2.05) is 39.0 Å². The van der Waals surface area contributed by atoms with E-state index in [0.29, 0.717) is 6.54 Å². The third-order valence-corrected chi connectivity index (χ3v) is 2.90. The smallest absolute Gasteiger partial charge is 0.258 e. The molecule has 0 aliphatic heterocycles. The van der Waals surface area contributed by atoms with E-state index in [1.54, 1.807) is 0 Å². The molecular weight excluding hydrogens is 264 g/mol. The topological polar surface area (TPSA) is 50.4 Å².